The smallest absolute Gasteiger partial charge is 0.320 e. The van der Waals surface area contributed by atoms with Crippen molar-refractivity contribution in [2.45, 2.75) is 25.5 Å². The number of carboxylic acids is 1. The zero-order chi connectivity index (χ0) is 16.7. The van der Waals surface area contributed by atoms with Gasteiger partial charge in [0, 0.05) is 6.42 Å². The molecule has 7 N–H and O–H groups in total. The Morgan fingerprint density at radius 3 is 2.55 bits per heavy atom. The van der Waals surface area contributed by atoms with Crippen molar-refractivity contribution in [3.8, 4) is 5.75 Å². The maximum atomic E-state index is 11.7. The van der Waals surface area contributed by atoms with Gasteiger partial charge in [0.25, 0.3) is 5.91 Å². The predicted octanol–water partition coefficient (Wildman–Crippen LogP) is -1.12. The van der Waals surface area contributed by atoms with Crippen molar-refractivity contribution in [2.75, 3.05) is 0 Å². The number of aliphatic hydroxyl groups is 1. The van der Waals surface area contributed by atoms with E-state index in [-0.39, 0.29) is 30.8 Å². The SMILES string of the molecule is NNC(=O)c1cc(CO)ccc1OC(=O)CC[C@H](N)C(=O)O. The molecule has 0 unspecified atom stereocenters. The molecule has 0 spiro atoms. The number of nitrogens with one attached hydrogen (secondary N) is 1. The van der Waals surface area contributed by atoms with Crippen molar-refractivity contribution < 1.29 is 29.3 Å². The monoisotopic (exact) mass is 311 g/mol. The number of esters is 1. The number of benzene rings is 1. The van der Waals surface area contributed by atoms with E-state index in [1.165, 1.54) is 18.2 Å². The van der Waals surface area contributed by atoms with Gasteiger partial charge < -0.3 is 20.7 Å². The van der Waals surface area contributed by atoms with Crippen LogP contribution in [0.25, 0.3) is 0 Å². The van der Waals surface area contributed by atoms with Gasteiger partial charge in [-0.3, -0.25) is 19.8 Å². The van der Waals surface area contributed by atoms with Gasteiger partial charge in [-0.2, -0.15) is 0 Å². The number of ether oxygens (including phenoxy) is 1. The summed E-state index contributed by atoms with van der Waals surface area (Å²) in [6, 6.07) is 2.97. The molecule has 1 aromatic carbocycles. The molecule has 0 aromatic heterocycles. The standard InChI is InChI=1S/C13H17N3O6/c14-9(13(20)21)2-4-11(18)22-10-3-1-7(6-17)5-8(10)12(19)16-15/h1,3,5,9,17H,2,4,6,14-15H2,(H,16,19)(H,20,21)/t9-/m0/s1. The normalized spacial score (nSPS) is 11.6. The molecule has 0 radical (unpaired) electrons. The van der Waals surface area contributed by atoms with Crippen LogP contribution in [0.3, 0.4) is 0 Å². The van der Waals surface area contributed by atoms with E-state index >= 15 is 0 Å². The van der Waals surface area contributed by atoms with Crippen molar-refractivity contribution in [3.05, 3.63) is 29.3 Å². The molecule has 0 saturated carbocycles. The van der Waals surface area contributed by atoms with Crippen LogP contribution in [0.2, 0.25) is 0 Å². The topological polar surface area (TPSA) is 165 Å². The minimum Gasteiger partial charge on any atom is -0.480 e. The van der Waals surface area contributed by atoms with Gasteiger partial charge in [-0.15, -0.1) is 0 Å². The first-order valence-electron chi connectivity index (χ1n) is 6.32. The molecule has 1 rings (SSSR count). The summed E-state index contributed by atoms with van der Waals surface area (Å²) in [5.74, 6) is 2.35. The second-order valence-electron chi connectivity index (χ2n) is 4.42. The summed E-state index contributed by atoms with van der Waals surface area (Å²) in [7, 11) is 0. The molecule has 0 aliphatic carbocycles. The van der Waals surface area contributed by atoms with E-state index in [1.54, 1.807) is 0 Å². The Morgan fingerprint density at radius 2 is 2.00 bits per heavy atom. The van der Waals surface area contributed by atoms with Crippen LogP contribution in [0.1, 0.15) is 28.8 Å². The number of rotatable bonds is 7. The van der Waals surface area contributed by atoms with E-state index in [0.29, 0.717) is 5.56 Å². The summed E-state index contributed by atoms with van der Waals surface area (Å²) in [5.41, 5.74) is 7.59. The van der Waals surface area contributed by atoms with Gasteiger partial charge >= 0.3 is 11.9 Å². The first-order valence-corrected chi connectivity index (χ1v) is 6.32. The quantitative estimate of drug-likeness (QED) is 0.139. The maximum absolute atomic E-state index is 11.7. The van der Waals surface area contributed by atoms with Crippen molar-refractivity contribution in [1.82, 2.24) is 5.43 Å². The number of carbonyl (C=O) groups excluding carboxylic acids is 2. The molecule has 1 aromatic rings. The molecule has 0 aliphatic rings. The van der Waals surface area contributed by atoms with Crippen molar-refractivity contribution in [3.63, 3.8) is 0 Å². The molecule has 120 valence electrons. The van der Waals surface area contributed by atoms with E-state index in [1.807, 2.05) is 5.43 Å². The number of aliphatic hydroxyl groups excluding tert-OH is 1. The number of aliphatic carboxylic acids is 1. The number of hydrazine groups is 1. The molecular weight excluding hydrogens is 294 g/mol. The second kappa shape index (κ2) is 8.08. The van der Waals surface area contributed by atoms with E-state index in [9.17, 15) is 14.4 Å². The fourth-order valence-corrected chi connectivity index (χ4v) is 1.59. The lowest BCUT2D eigenvalue weighted by Gasteiger charge is -2.11. The highest BCUT2D eigenvalue weighted by atomic mass is 16.5. The summed E-state index contributed by atoms with van der Waals surface area (Å²) in [4.78, 5) is 33.9. The Hall–Kier alpha value is -2.49. The van der Waals surface area contributed by atoms with Crippen LogP contribution in [0.5, 0.6) is 5.75 Å². The molecule has 0 aliphatic heterocycles. The van der Waals surface area contributed by atoms with E-state index in [2.05, 4.69) is 0 Å². The minimum absolute atomic E-state index is 0.0232. The summed E-state index contributed by atoms with van der Waals surface area (Å²) < 4.78 is 5.01. The molecule has 0 heterocycles. The van der Waals surface area contributed by atoms with Crippen LogP contribution < -0.4 is 21.7 Å². The van der Waals surface area contributed by atoms with Crippen LogP contribution in [0.4, 0.5) is 0 Å². The molecule has 22 heavy (non-hydrogen) atoms. The average molecular weight is 311 g/mol. The number of nitrogen functional groups attached to an aromatic ring is 1. The lowest BCUT2D eigenvalue weighted by atomic mass is 10.1. The third-order valence-electron chi connectivity index (χ3n) is 2.80. The second-order valence-corrected chi connectivity index (χ2v) is 4.42. The van der Waals surface area contributed by atoms with E-state index < -0.39 is 23.9 Å². The number of hydrogen-bond acceptors (Lipinski definition) is 7. The highest BCUT2D eigenvalue weighted by molar-refractivity contribution is 5.97. The Labute approximate surface area is 125 Å². The minimum atomic E-state index is -1.22. The number of hydrogen-bond donors (Lipinski definition) is 5. The van der Waals surface area contributed by atoms with Crippen LogP contribution in [-0.2, 0) is 16.2 Å². The molecule has 1 atom stereocenters. The van der Waals surface area contributed by atoms with Crippen LogP contribution in [0, 0.1) is 0 Å². The third kappa shape index (κ3) is 4.81. The van der Waals surface area contributed by atoms with Crippen LogP contribution >= 0.6 is 0 Å². The maximum Gasteiger partial charge on any atom is 0.320 e. The van der Waals surface area contributed by atoms with Gasteiger partial charge in [-0.1, -0.05) is 6.07 Å². The predicted molar refractivity (Wildman–Crippen MR) is 74.5 cm³/mol. The van der Waals surface area contributed by atoms with Crippen LogP contribution in [0.15, 0.2) is 18.2 Å². The molecule has 0 fully saturated rings. The highest BCUT2D eigenvalue weighted by Crippen LogP contribution is 2.21. The number of carboxylic acid groups (broad SMARTS) is 1. The summed E-state index contributed by atoms with van der Waals surface area (Å²) in [6.45, 7) is -0.299. The molecular formula is C13H17N3O6. The van der Waals surface area contributed by atoms with Gasteiger partial charge in [0.15, 0.2) is 0 Å². The Kier molecular flexibility index (Phi) is 6.45. The summed E-state index contributed by atoms with van der Waals surface area (Å²) >= 11 is 0. The zero-order valence-corrected chi connectivity index (χ0v) is 11.6. The van der Waals surface area contributed by atoms with Gasteiger partial charge in [0.1, 0.15) is 11.8 Å². The van der Waals surface area contributed by atoms with Gasteiger partial charge in [0.05, 0.1) is 12.2 Å². The molecule has 0 bridgehead atoms. The molecule has 9 heteroatoms. The Bertz CT molecular complexity index is 575. The lowest BCUT2D eigenvalue weighted by molar-refractivity contribution is -0.139. The Balaban J connectivity index is 2.81. The van der Waals surface area contributed by atoms with Gasteiger partial charge in [0.2, 0.25) is 0 Å². The van der Waals surface area contributed by atoms with Crippen LogP contribution in [-0.4, -0.2) is 34.1 Å². The number of amides is 1. The number of carbonyl (C=O) groups is 3. The zero-order valence-electron chi connectivity index (χ0n) is 11.6. The number of nitrogens with two attached hydrogens (primary N) is 2. The van der Waals surface area contributed by atoms with Crippen molar-refractivity contribution in [1.29, 1.82) is 0 Å². The van der Waals surface area contributed by atoms with E-state index in [4.69, 9.17) is 26.5 Å². The summed E-state index contributed by atoms with van der Waals surface area (Å²) in [5, 5.41) is 17.7. The molecule has 1 amide bonds. The third-order valence-corrected chi connectivity index (χ3v) is 2.80. The van der Waals surface area contributed by atoms with Gasteiger partial charge in [-0.25, -0.2) is 5.84 Å². The first kappa shape index (κ1) is 17.6. The fourth-order valence-electron chi connectivity index (χ4n) is 1.59. The van der Waals surface area contributed by atoms with Crippen molar-refractivity contribution in [2.24, 2.45) is 11.6 Å². The molecule has 9 nitrogen and oxygen atoms in total. The Morgan fingerprint density at radius 1 is 1.32 bits per heavy atom. The first-order chi connectivity index (χ1) is 10.4. The average Bonchev–Trinajstić information content (AvgIpc) is 2.51. The lowest BCUT2D eigenvalue weighted by Crippen LogP contribution is -2.32. The molecule has 0 saturated heterocycles. The summed E-state index contributed by atoms with van der Waals surface area (Å²) in [6.07, 6.45) is -0.319. The largest absolute Gasteiger partial charge is 0.480 e. The van der Waals surface area contributed by atoms with Gasteiger partial charge in [-0.05, 0) is 24.1 Å². The van der Waals surface area contributed by atoms with Crippen molar-refractivity contribution >= 4 is 17.8 Å². The highest BCUT2D eigenvalue weighted by Gasteiger charge is 2.18. The van der Waals surface area contributed by atoms with E-state index in [0.717, 1.165) is 0 Å². The fraction of sp³-hybridized carbons (Fsp3) is 0.308.